The highest BCUT2D eigenvalue weighted by Crippen LogP contribution is 2.27. The Bertz CT molecular complexity index is 875. The van der Waals surface area contributed by atoms with Gasteiger partial charge in [0.05, 0.1) is 18.7 Å². The number of hydrogen-bond donors (Lipinski definition) is 2. The van der Waals surface area contributed by atoms with Crippen LogP contribution < -0.4 is 15.4 Å². The number of benzene rings is 3. The van der Waals surface area contributed by atoms with Crippen molar-refractivity contribution in [3.8, 4) is 5.75 Å². The van der Waals surface area contributed by atoms with Crippen molar-refractivity contribution in [2.75, 3.05) is 24.3 Å². The number of rotatable bonds is 5. The van der Waals surface area contributed by atoms with E-state index in [0.717, 1.165) is 22.1 Å². The number of carbonyl (C=O) groups excluding carboxylic acids is 1. The Hall–Kier alpha value is -2.72. The van der Waals surface area contributed by atoms with Crippen molar-refractivity contribution in [2.24, 2.45) is 0 Å². The van der Waals surface area contributed by atoms with Gasteiger partial charge in [-0.2, -0.15) is 0 Å². The molecule has 0 saturated carbocycles. The fraction of sp³-hybridized carbons (Fsp3) is 0.105. The molecule has 3 rings (SSSR count). The summed E-state index contributed by atoms with van der Waals surface area (Å²) in [5.74, 6) is 0.473. The van der Waals surface area contributed by atoms with Crippen molar-refractivity contribution in [1.82, 2.24) is 0 Å². The molecule has 0 aliphatic carbocycles. The third kappa shape index (κ3) is 3.60. The molecule has 1 amide bonds. The van der Waals surface area contributed by atoms with Crippen LogP contribution in [-0.4, -0.2) is 19.6 Å². The molecular weight excluding hydrogens is 324 g/mol. The van der Waals surface area contributed by atoms with E-state index in [1.807, 2.05) is 48.5 Å². The predicted molar refractivity (Wildman–Crippen MR) is 99.1 cm³/mol. The molecule has 2 N–H and O–H groups in total. The van der Waals surface area contributed by atoms with Gasteiger partial charge in [-0.1, -0.05) is 48.0 Å². The molecule has 0 unspecified atom stereocenters. The zero-order valence-corrected chi connectivity index (χ0v) is 13.9. The number of nitrogens with one attached hydrogen (secondary N) is 2. The molecule has 4 nitrogen and oxygen atoms in total. The van der Waals surface area contributed by atoms with E-state index in [0.29, 0.717) is 10.8 Å². The van der Waals surface area contributed by atoms with E-state index in [1.54, 1.807) is 19.2 Å². The monoisotopic (exact) mass is 340 g/mol. The lowest BCUT2D eigenvalue weighted by atomic mass is 10.1. The SMILES string of the molecule is COc1ccc(NCC(=O)Nc2cccc3ccccc23)cc1Cl. The maximum Gasteiger partial charge on any atom is 0.243 e. The van der Waals surface area contributed by atoms with Gasteiger partial charge in [-0.05, 0) is 29.7 Å². The predicted octanol–water partition coefficient (Wildman–Crippen LogP) is 4.55. The van der Waals surface area contributed by atoms with Gasteiger partial charge in [0.25, 0.3) is 0 Å². The van der Waals surface area contributed by atoms with Gasteiger partial charge in [-0.3, -0.25) is 4.79 Å². The Labute approximate surface area is 145 Å². The second-order valence-corrected chi connectivity index (χ2v) is 5.68. The molecule has 0 aromatic heterocycles. The van der Waals surface area contributed by atoms with Gasteiger partial charge in [0, 0.05) is 16.8 Å². The minimum absolute atomic E-state index is 0.127. The van der Waals surface area contributed by atoms with Crippen LogP contribution in [0.25, 0.3) is 10.8 Å². The van der Waals surface area contributed by atoms with Crippen LogP contribution in [0.4, 0.5) is 11.4 Å². The topological polar surface area (TPSA) is 50.4 Å². The van der Waals surface area contributed by atoms with Crippen molar-refractivity contribution in [3.63, 3.8) is 0 Å². The molecule has 122 valence electrons. The van der Waals surface area contributed by atoms with Crippen LogP contribution in [0.5, 0.6) is 5.75 Å². The average Bonchev–Trinajstić information content (AvgIpc) is 2.60. The van der Waals surface area contributed by atoms with E-state index in [1.165, 1.54) is 0 Å². The number of methoxy groups -OCH3 is 1. The Kier molecular flexibility index (Phi) is 4.87. The first-order valence-electron chi connectivity index (χ1n) is 7.52. The summed E-state index contributed by atoms with van der Waals surface area (Å²) >= 11 is 6.07. The summed E-state index contributed by atoms with van der Waals surface area (Å²) in [6.45, 7) is 0.145. The van der Waals surface area contributed by atoms with E-state index in [4.69, 9.17) is 16.3 Å². The molecule has 3 aromatic carbocycles. The third-order valence-corrected chi connectivity index (χ3v) is 3.96. The summed E-state index contributed by atoms with van der Waals surface area (Å²) in [6, 6.07) is 19.1. The van der Waals surface area contributed by atoms with E-state index in [2.05, 4.69) is 10.6 Å². The van der Waals surface area contributed by atoms with Crippen LogP contribution in [0.15, 0.2) is 60.7 Å². The highest BCUT2D eigenvalue weighted by Gasteiger charge is 2.07. The second-order valence-electron chi connectivity index (χ2n) is 5.28. The minimum Gasteiger partial charge on any atom is -0.495 e. The zero-order valence-electron chi connectivity index (χ0n) is 13.2. The normalized spacial score (nSPS) is 10.4. The van der Waals surface area contributed by atoms with E-state index < -0.39 is 0 Å². The molecule has 0 aliphatic heterocycles. The number of halogens is 1. The number of hydrogen-bond acceptors (Lipinski definition) is 3. The molecule has 0 spiro atoms. The first-order chi connectivity index (χ1) is 11.7. The van der Waals surface area contributed by atoms with E-state index in [9.17, 15) is 4.79 Å². The highest BCUT2D eigenvalue weighted by atomic mass is 35.5. The lowest BCUT2D eigenvalue weighted by Gasteiger charge is -2.11. The maximum atomic E-state index is 12.2. The molecule has 0 aliphatic rings. The summed E-state index contributed by atoms with van der Waals surface area (Å²) in [7, 11) is 1.56. The van der Waals surface area contributed by atoms with Crippen LogP contribution >= 0.6 is 11.6 Å². The zero-order chi connectivity index (χ0) is 16.9. The standard InChI is InChI=1S/C19H17ClN2O2/c1-24-18-10-9-14(11-16(18)20)21-12-19(23)22-17-8-4-6-13-5-2-3-7-15(13)17/h2-11,21H,12H2,1H3,(H,22,23). The average molecular weight is 341 g/mol. The first-order valence-corrected chi connectivity index (χ1v) is 7.90. The molecule has 0 bridgehead atoms. The molecule has 0 radical (unpaired) electrons. The van der Waals surface area contributed by atoms with Crippen LogP contribution in [0.3, 0.4) is 0 Å². The summed E-state index contributed by atoms with van der Waals surface area (Å²) in [6.07, 6.45) is 0. The Morgan fingerprint density at radius 3 is 2.67 bits per heavy atom. The molecule has 0 fully saturated rings. The van der Waals surface area contributed by atoms with Crippen molar-refractivity contribution < 1.29 is 9.53 Å². The number of amides is 1. The molecular formula is C19H17ClN2O2. The van der Waals surface area contributed by atoms with Crippen LogP contribution in [-0.2, 0) is 4.79 Å². The number of anilines is 2. The van der Waals surface area contributed by atoms with Crippen molar-refractivity contribution in [2.45, 2.75) is 0 Å². The summed E-state index contributed by atoms with van der Waals surface area (Å²) in [5, 5.41) is 8.59. The van der Waals surface area contributed by atoms with E-state index >= 15 is 0 Å². The Morgan fingerprint density at radius 1 is 1.08 bits per heavy atom. The van der Waals surface area contributed by atoms with Gasteiger partial charge in [0.15, 0.2) is 0 Å². The molecule has 5 heteroatoms. The second kappa shape index (κ2) is 7.23. The van der Waals surface area contributed by atoms with Crippen molar-refractivity contribution in [1.29, 1.82) is 0 Å². The smallest absolute Gasteiger partial charge is 0.243 e. The largest absolute Gasteiger partial charge is 0.495 e. The van der Waals surface area contributed by atoms with Crippen LogP contribution in [0.1, 0.15) is 0 Å². The summed E-state index contributed by atoms with van der Waals surface area (Å²) in [4.78, 5) is 12.2. The molecule has 0 heterocycles. The first kappa shape index (κ1) is 16.1. The molecule has 3 aromatic rings. The van der Waals surface area contributed by atoms with E-state index in [-0.39, 0.29) is 12.5 Å². The van der Waals surface area contributed by atoms with Crippen molar-refractivity contribution >= 4 is 39.7 Å². The minimum atomic E-state index is -0.127. The van der Waals surface area contributed by atoms with Crippen LogP contribution in [0.2, 0.25) is 5.02 Å². The van der Waals surface area contributed by atoms with Gasteiger partial charge in [0.2, 0.25) is 5.91 Å². The van der Waals surface area contributed by atoms with Crippen LogP contribution in [0, 0.1) is 0 Å². The number of fused-ring (bicyclic) bond motifs is 1. The van der Waals surface area contributed by atoms with Gasteiger partial charge >= 0.3 is 0 Å². The highest BCUT2D eigenvalue weighted by molar-refractivity contribution is 6.32. The summed E-state index contributed by atoms with van der Waals surface area (Å²) in [5.41, 5.74) is 1.56. The summed E-state index contributed by atoms with van der Waals surface area (Å²) < 4.78 is 5.11. The lowest BCUT2D eigenvalue weighted by molar-refractivity contribution is -0.114. The van der Waals surface area contributed by atoms with Gasteiger partial charge in [0.1, 0.15) is 5.75 Å². The fourth-order valence-electron chi connectivity index (χ4n) is 2.49. The quantitative estimate of drug-likeness (QED) is 0.716. The van der Waals surface area contributed by atoms with Gasteiger partial charge in [-0.25, -0.2) is 0 Å². The fourth-order valence-corrected chi connectivity index (χ4v) is 2.75. The Balaban J connectivity index is 1.66. The number of carbonyl (C=O) groups is 1. The molecule has 24 heavy (non-hydrogen) atoms. The third-order valence-electron chi connectivity index (χ3n) is 3.67. The van der Waals surface area contributed by atoms with Crippen molar-refractivity contribution in [3.05, 3.63) is 65.7 Å². The van der Waals surface area contributed by atoms with Gasteiger partial charge in [-0.15, -0.1) is 0 Å². The molecule has 0 atom stereocenters. The number of ether oxygens (including phenoxy) is 1. The molecule has 0 saturated heterocycles. The lowest BCUT2D eigenvalue weighted by Crippen LogP contribution is -2.21. The maximum absolute atomic E-state index is 12.2. The Morgan fingerprint density at radius 2 is 1.88 bits per heavy atom. The van der Waals surface area contributed by atoms with Gasteiger partial charge < -0.3 is 15.4 Å².